The van der Waals surface area contributed by atoms with Crippen molar-refractivity contribution in [2.75, 3.05) is 6.54 Å². The first-order valence-electron chi connectivity index (χ1n) is 8.09. The maximum atomic E-state index is 13.6. The van der Waals surface area contributed by atoms with E-state index in [0.717, 1.165) is 16.7 Å². The van der Waals surface area contributed by atoms with Crippen LogP contribution in [-0.4, -0.2) is 32.2 Å². The van der Waals surface area contributed by atoms with Gasteiger partial charge >= 0.3 is 0 Å². The molecule has 2 aromatic heterocycles. The van der Waals surface area contributed by atoms with Gasteiger partial charge in [-0.15, -0.1) is 10.2 Å². The summed E-state index contributed by atoms with van der Waals surface area (Å²) in [7, 11) is 1.88. The van der Waals surface area contributed by atoms with Crippen LogP contribution in [0.5, 0.6) is 0 Å². The minimum Gasteiger partial charge on any atom is -0.351 e. The molecule has 2 heterocycles. The molecule has 1 N–H and O–H groups in total. The van der Waals surface area contributed by atoms with Crippen LogP contribution < -0.4 is 5.32 Å². The molecule has 0 unspecified atom stereocenters. The van der Waals surface area contributed by atoms with Gasteiger partial charge in [-0.1, -0.05) is 30.0 Å². The molecule has 134 valence electrons. The Morgan fingerprint density at radius 1 is 1.19 bits per heavy atom. The molecule has 0 saturated heterocycles. The number of benzene rings is 1. The van der Waals surface area contributed by atoms with E-state index in [1.807, 2.05) is 29.8 Å². The molecule has 0 saturated carbocycles. The first-order chi connectivity index (χ1) is 12.6. The summed E-state index contributed by atoms with van der Waals surface area (Å²) in [5.41, 5.74) is 1.01. The zero-order valence-corrected chi connectivity index (χ0v) is 15.0. The Morgan fingerprint density at radius 3 is 2.77 bits per heavy atom. The van der Waals surface area contributed by atoms with Crippen molar-refractivity contribution in [1.82, 2.24) is 25.1 Å². The number of thioether (sulfide) groups is 1. The second kappa shape index (κ2) is 8.57. The van der Waals surface area contributed by atoms with Crippen LogP contribution in [0, 0.1) is 5.82 Å². The number of carbonyl (C=O) groups is 1. The molecule has 0 radical (unpaired) electrons. The van der Waals surface area contributed by atoms with Gasteiger partial charge in [-0.25, -0.2) is 4.39 Å². The zero-order chi connectivity index (χ0) is 18.4. The molecule has 8 heteroatoms. The van der Waals surface area contributed by atoms with Gasteiger partial charge in [0, 0.05) is 32.0 Å². The van der Waals surface area contributed by atoms with E-state index in [9.17, 15) is 9.18 Å². The molecule has 0 spiro atoms. The minimum absolute atomic E-state index is 0.0390. The Kier molecular flexibility index (Phi) is 5.96. The molecular formula is C18H18FN5OS. The molecule has 6 nitrogen and oxygen atoms in total. The lowest BCUT2D eigenvalue weighted by Crippen LogP contribution is -2.27. The summed E-state index contributed by atoms with van der Waals surface area (Å²) in [6, 6.07) is 11.7. The predicted octanol–water partition coefficient (Wildman–Crippen LogP) is 2.61. The zero-order valence-electron chi connectivity index (χ0n) is 14.2. The van der Waals surface area contributed by atoms with E-state index in [1.165, 1.54) is 12.1 Å². The molecule has 0 aliphatic rings. The highest BCUT2D eigenvalue weighted by Gasteiger charge is 2.12. The minimum atomic E-state index is -0.531. The molecule has 0 atom stereocenters. The summed E-state index contributed by atoms with van der Waals surface area (Å²) >= 11 is 1.55. The van der Waals surface area contributed by atoms with Gasteiger partial charge in [0.25, 0.3) is 5.91 Å². The third-order valence-electron chi connectivity index (χ3n) is 3.75. The first-order valence-corrected chi connectivity index (χ1v) is 9.07. The van der Waals surface area contributed by atoms with E-state index >= 15 is 0 Å². The van der Waals surface area contributed by atoms with Crippen LogP contribution in [0.25, 0.3) is 0 Å². The maximum Gasteiger partial charge on any atom is 0.254 e. The number of aromatic nitrogens is 4. The molecule has 0 aliphatic carbocycles. The van der Waals surface area contributed by atoms with Crippen molar-refractivity contribution >= 4 is 17.7 Å². The monoisotopic (exact) mass is 371 g/mol. The fraction of sp³-hybridized carbons (Fsp3) is 0.222. The number of halogens is 1. The highest BCUT2D eigenvalue weighted by molar-refractivity contribution is 7.98. The molecule has 26 heavy (non-hydrogen) atoms. The fourth-order valence-corrected chi connectivity index (χ4v) is 3.18. The highest BCUT2D eigenvalue weighted by atomic mass is 32.2. The first kappa shape index (κ1) is 18.1. The van der Waals surface area contributed by atoms with Crippen molar-refractivity contribution in [3.8, 4) is 0 Å². The van der Waals surface area contributed by atoms with E-state index in [2.05, 4.69) is 20.5 Å². The summed E-state index contributed by atoms with van der Waals surface area (Å²) in [5.74, 6) is 0.492. The van der Waals surface area contributed by atoms with Crippen LogP contribution in [0.2, 0.25) is 0 Å². The Bertz CT molecular complexity index is 884. The number of amides is 1. The van der Waals surface area contributed by atoms with Crippen molar-refractivity contribution in [3.05, 3.63) is 71.6 Å². The molecule has 0 aliphatic heterocycles. The van der Waals surface area contributed by atoms with Gasteiger partial charge in [-0.05, 0) is 24.3 Å². The number of pyridine rings is 1. The second-order valence-corrected chi connectivity index (χ2v) is 6.50. The lowest BCUT2D eigenvalue weighted by atomic mass is 10.2. The smallest absolute Gasteiger partial charge is 0.254 e. The van der Waals surface area contributed by atoms with Gasteiger partial charge < -0.3 is 9.88 Å². The van der Waals surface area contributed by atoms with Crippen molar-refractivity contribution in [3.63, 3.8) is 0 Å². The van der Waals surface area contributed by atoms with Gasteiger partial charge in [-0.3, -0.25) is 9.78 Å². The van der Waals surface area contributed by atoms with Gasteiger partial charge in [0.2, 0.25) is 0 Å². The molecule has 3 aromatic rings. The fourth-order valence-electron chi connectivity index (χ4n) is 2.34. The van der Waals surface area contributed by atoms with E-state index in [0.29, 0.717) is 18.7 Å². The van der Waals surface area contributed by atoms with Crippen LogP contribution in [0.1, 0.15) is 21.9 Å². The summed E-state index contributed by atoms with van der Waals surface area (Å²) < 4.78 is 15.5. The van der Waals surface area contributed by atoms with Gasteiger partial charge in [0.1, 0.15) is 11.6 Å². The van der Waals surface area contributed by atoms with Crippen molar-refractivity contribution < 1.29 is 9.18 Å². The van der Waals surface area contributed by atoms with E-state index in [4.69, 9.17) is 0 Å². The SMILES string of the molecule is Cn1c(CCNC(=O)c2ccccc2F)nnc1SCc1ccccn1. The number of hydrogen-bond acceptors (Lipinski definition) is 5. The van der Waals surface area contributed by atoms with Crippen LogP contribution in [0.15, 0.2) is 53.8 Å². The standard InChI is InChI=1S/C18H18FN5OS/c1-24-16(9-11-21-17(25)14-7-2-3-8-15(14)19)22-23-18(24)26-12-13-6-4-5-10-20-13/h2-8,10H,9,11-12H2,1H3,(H,21,25). The average molecular weight is 371 g/mol. The Hall–Kier alpha value is -2.74. The Morgan fingerprint density at radius 2 is 2.00 bits per heavy atom. The largest absolute Gasteiger partial charge is 0.351 e. The van der Waals surface area contributed by atoms with Crippen molar-refractivity contribution in [1.29, 1.82) is 0 Å². The molecule has 0 bridgehead atoms. The number of nitrogens with zero attached hydrogens (tertiary/aromatic N) is 4. The van der Waals surface area contributed by atoms with Crippen LogP contribution >= 0.6 is 11.8 Å². The predicted molar refractivity (Wildman–Crippen MR) is 97.2 cm³/mol. The average Bonchev–Trinajstić information content (AvgIpc) is 3.01. The summed E-state index contributed by atoms with van der Waals surface area (Å²) in [6.07, 6.45) is 2.27. The molecular weight excluding hydrogens is 353 g/mol. The van der Waals surface area contributed by atoms with Crippen molar-refractivity contribution in [2.45, 2.75) is 17.3 Å². The lowest BCUT2D eigenvalue weighted by Gasteiger charge is -2.06. The van der Waals surface area contributed by atoms with Crippen LogP contribution in [0.3, 0.4) is 0 Å². The topological polar surface area (TPSA) is 72.7 Å². The van der Waals surface area contributed by atoms with Gasteiger partial charge in [0.15, 0.2) is 5.16 Å². The second-order valence-electron chi connectivity index (χ2n) is 5.55. The summed E-state index contributed by atoms with van der Waals surface area (Å²) in [5, 5.41) is 11.8. The van der Waals surface area contributed by atoms with Crippen LogP contribution in [0.4, 0.5) is 4.39 Å². The third-order valence-corrected chi connectivity index (χ3v) is 4.81. The van der Waals surface area contributed by atoms with E-state index in [1.54, 1.807) is 30.1 Å². The lowest BCUT2D eigenvalue weighted by molar-refractivity contribution is 0.0950. The number of carbonyl (C=O) groups excluding carboxylic acids is 1. The number of hydrogen-bond donors (Lipinski definition) is 1. The maximum absolute atomic E-state index is 13.6. The molecule has 1 amide bonds. The highest BCUT2D eigenvalue weighted by Crippen LogP contribution is 2.19. The molecule has 3 rings (SSSR count). The number of rotatable bonds is 7. The molecule has 0 fully saturated rings. The summed E-state index contributed by atoms with van der Waals surface area (Å²) in [6.45, 7) is 0.351. The Balaban J connectivity index is 1.52. The molecule has 1 aromatic carbocycles. The quantitative estimate of drug-likeness (QED) is 0.647. The van der Waals surface area contributed by atoms with Crippen LogP contribution in [-0.2, 0) is 19.2 Å². The van der Waals surface area contributed by atoms with Crippen molar-refractivity contribution in [2.24, 2.45) is 7.05 Å². The number of nitrogens with one attached hydrogen (secondary N) is 1. The Labute approximate surface area is 154 Å². The van der Waals surface area contributed by atoms with Gasteiger partial charge in [-0.2, -0.15) is 0 Å². The van der Waals surface area contributed by atoms with Gasteiger partial charge in [0.05, 0.1) is 11.3 Å². The normalized spacial score (nSPS) is 10.7. The summed E-state index contributed by atoms with van der Waals surface area (Å²) in [4.78, 5) is 16.3. The van der Waals surface area contributed by atoms with E-state index < -0.39 is 11.7 Å². The third kappa shape index (κ3) is 4.45. The van der Waals surface area contributed by atoms with E-state index in [-0.39, 0.29) is 5.56 Å².